The standard InChI is InChI=1S/C16H17NO3S/c18-16-8-4-5-12-11-13(9-10-15(12)16)17-21(19,20)14-6-2-1-3-7-14/h1-8,13,17-18H,9-11H2. The average molecular weight is 303 g/mol. The quantitative estimate of drug-likeness (QED) is 0.914. The van der Waals surface area contributed by atoms with Crippen molar-refractivity contribution in [3.8, 4) is 5.75 Å². The van der Waals surface area contributed by atoms with Gasteiger partial charge in [0.25, 0.3) is 0 Å². The minimum absolute atomic E-state index is 0.135. The Morgan fingerprint density at radius 2 is 1.81 bits per heavy atom. The van der Waals surface area contributed by atoms with Gasteiger partial charge >= 0.3 is 0 Å². The number of fused-ring (bicyclic) bond motifs is 1. The van der Waals surface area contributed by atoms with Gasteiger partial charge in [0.2, 0.25) is 10.0 Å². The highest BCUT2D eigenvalue weighted by Gasteiger charge is 2.25. The molecule has 0 saturated heterocycles. The minimum Gasteiger partial charge on any atom is -0.508 e. The second-order valence-corrected chi connectivity index (χ2v) is 7.00. The predicted molar refractivity (Wildman–Crippen MR) is 80.7 cm³/mol. The third-order valence-corrected chi connectivity index (χ3v) is 5.37. The topological polar surface area (TPSA) is 66.4 Å². The Morgan fingerprint density at radius 1 is 1.05 bits per heavy atom. The van der Waals surface area contributed by atoms with Crippen molar-refractivity contribution < 1.29 is 13.5 Å². The third kappa shape index (κ3) is 2.94. The van der Waals surface area contributed by atoms with E-state index in [2.05, 4.69) is 4.72 Å². The molecule has 2 N–H and O–H groups in total. The van der Waals surface area contributed by atoms with Crippen LogP contribution in [0.3, 0.4) is 0 Å². The number of phenols is 1. The predicted octanol–water partition coefficient (Wildman–Crippen LogP) is 2.23. The molecule has 0 bridgehead atoms. The van der Waals surface area contributed by atoms with E-state index in [4.69, 9.17) is 0 Å². The van der Waals surface area contributed by atoms with Crippen molar-refractivity contribution in [2.45, 2.75) is 30.2 Å². The molecule has 3 rings (SSSR count). The van der Waals surface area contributed by atoms with Gasteiger partial charge in [-0.05, 0) is 48.6 Å². The Hall–Kier alpha value is -1.85. The van der Waals surface area contributed by atoms with E-state index in [9.17, 15) is 13.5 Å². The van der Waals surface area contributed by atoms with Gasteiger partial charge < -0.3 is 5.11 Å². The van der Waals surface area contributed by atoms with Crippen LogP contribution < -0.4 is 4.72 Å². The Balaban J connectivity index is 1.79. The van der Waals surface area contributed by atoms with Crippen LogP contribution in [-0.4, -0.2) is 19.6 Å². The molecule has 1 aliphatic carbocycles. The molecular formula is C16H17NO3S. The summed E-state index contributed by atoms with van der Waals surface area (Å²) < 4.78 is 27.4. The molecule has 0 amide bonds. The van der Waals surface area contributed by atoms with Crippen molar-refractivity contribution in [1.82, 2.24) is 4.72 Å². The molecule has 110 valence electrons. The van der Waals surface area contributed by atoms with E-state index in [1.54, 1.807) is 42.5 Å². The molecule has 0 spiro atoms. The monoisotopic (exact) mass is 303 g/mol. The fraction of sp³-hybridized carbons (Fsp3) is 0.250. The van der Waals surface area contributed by atoms with Crippen molar-refractivity contribution in [3.05, 3.63) is 59.7 Å². The zero-order valence-corrected chi connectivity index (χ0v) is 12.3. The maximum atomic E-state index is 12.3. The molecule has 5 heteroatoms. The molecule has 2 aromatic carbocycles. The first kappa shape index (κ1) is 14.1. The van der Waals surface area contributed by atoms with Crippen molar-refractivity contribution >= 4 is 10.0 Å². The first-order valence-corrected chi connectivity index (χ1v) is 8.42. The number of aromatic hydroxyl groups is 1. The van der Waals surface area contributed by atoms with Crippen LogP contribution in [0.4, 0.5) is 0 Å². The van der Waals surface area contributed by atoms with E-state index in [0.717, 1.165) is 11.1 Å². The largest absolute Gasteiger partial charge is 0.508 e. The van der Waals surface area contributed by atoms with Crippen LogP contribution in [0.1, 0.15) is 17.5 Å². The summed E-state index contributed by atoms with van der Waals surface area (Å²) in [5, 5.41) is 9.81. The lowest BCUT2D eigenvalue weighted by atomic mass is 9.88. The smallest absolute Gasteiger partial charge is 0.240 e. The molecule has 0 saturated carbocycles. The number of rotatable bonds is 3. The van der Waals surface area contributed by atoms with Crippen LogP contribution >= 0.6 is 0 Å². The fourth-order valence-electron chi connectivity index (χ4n) is 2.77. The summed E-state index contributed by atoms with van der Waals surface area (Å²) in [7, 11) is -3.49. The first-order valence-electron chi connectivity index (χ1n) is 6.93. The van der Waals surface area contributed by atoms with Gasteiger partial charge in [0, 0.05) is 6.04 Å². The molecule has 0 heterocycles. The molecule has 1 aliphatic rings. The first-order chi connectivity index (χ1) is 10.1. The van der Waals surface area contributed by atoms with Crippen molar-refractivity contribution in [1.29, 1.82) is 0 Å². The van der Waals surface area contributed by atoms with Gasteiger partial charge in [-0.15, -0.1) is 0 Å². The van der Waals surface area contributed by atoms with E-state index in [0.29, 0.717) is 25.0 Å². The number of benzene rings is 2. The van der Waals surface area contributed by atoms with Gasteiger partial charge in [-0.1, -0.05) is 30.3 Å². The Labute approximate surface area is 124 Å². The molecule has 2 aromatic rings. The second kappa shape index (κ2) is 5.50. The number of hydrogen-bond donors (Lipinski definition) is 2. The SMILES string of the molecule is O=S(=O)(NC1CCc2c(O)cccc2C1)c1ccccc1. The Morgan fingerprint density at radius 3 is 2.57 bits per heavy atom. The average Bonchev–Trinajstić information content (AvgIpc) is 2.48. The lowest BCUT2D eigenvalue weighted by Gasteiger charge is -2.25. The molecule has 4 nitrogen and oxygen atoms in total. The maximum absolute atomic E-state index is 12.3. The van der Waals surface area contributed by atoms with Crippen LogP contribution in [0.2, 0.25) is 0 Å². The number of phenolic OH excluding ortho intramolecular Hbond substituents is 1. The van der Waals surface area contributed by atoms with Gasteiger partial charge in [0.05, 0.1) is 4.90 Å². The van der Waals surface area contributed by atoms with E-state index in [-0.39, 0.29) is 10.9 Å². The molecule has 0 fully saturated rings. The molecule has 0 aliphatic heterocycles. The van der Waals surface area contributed by atoms with Gasteiger partial charge in [-0.2, -0.15) is 0 Å². The summed E-state index contributed by atoms with van der Waals surface area (Å²) in [6.45, 7) is 0. The van der Waals surface area contributed by atoms with Gasteiger partial charge in [0.1, 0.15) is 5.75 Å². The summed E-state index contributed by atoms with van der Waals surface area (Å²) in [5.74, 6) is 0.303. The van der Waals surface area contributed by atoms with Crippen molar-refractivity contribution in [2.24, 2.45) is 0 Å². The molecular weight excluding hydrogens is 286 g/mol. The normalized spacial score (nSPS) is 18.2. The van der Waals surface area contributed by atoms with Crippen LogP contribution in [0.15, 0.2) is 53.4 Å². The number of sulfonamides is 1. The molecule has 21 heavy (non-hydrogen) atoms. The summed E-state index contributed by atoms with van der Waals surface area (Å²) >= 11 is 0. The lowest BCUT2D eigenvalue weighted by Crippen LogP contribution is -2.38. The second-order valence-electron chi connectivity index (χ2n) is 5.29. The highest BCUT2D eigenvalue weighted by atomic mass is 32.2. The van der Waals surface area contributed by atoms with Crippen LogP contribution in [-0.2, 0) is 22.9 Å². The van der Waals surface area contributed by atoms with Crippen LogP contribution in [0, 0.1) is 0 Å². The molecule has 0 radical (unpaired) electrons. The zero-order chi connectivity index (χ0) is 14.9. The summed E-state index contributed by atoms with van der Waals surface area (Å²) in [6.07, 6.45) is 1.98. The number of nitrogens with one attached hydrogen (secondary N) is 1. The van der Waals surface area contributed by atoms with Crippen LogP contribution in [0.25, 0.3) is 0 Å². The summed E-state index contributed by atoms with van der Waals surface area (Å²) in [6, 6.07) is 13.7. The number of hydrogen-bond acceptors (Lipinski definition) is 3. The van der Waals surface area contributed by atoms with E-state index >= 15 is 0 Å². The van der Waals surface area contributed by atoms with Gasteiger partial charge in [-0.25, -0.2) is 13.1 Å². The minimum atomic E-state index is -3.49. The summed E-state index contributed by atoms with van der Waals surface area (Å²) in [4.78, 5) is 0.284. The molecule has 1 atom stereocenters. The maximum Gasteiger partial charge on any atom is 0.240 e. The third-order valence-electron chi connectivity index (χ3n) is 3.83. The Kier molecular flexibility index (Phi) is 3.69. The summed E-state index contributed by atoms with van der Waals surface area (Å²) in [5.41, 5.74) is 1.95. The highest BCUT2D eigenvalue weighted by molar-refractivity contribution is 7.89. The van der Waals surface area contributed by atoms with E-state index in [1.807, 2.05) is 6.07 Å². The van der Waals surface area contributed by atoms with E-state index < -0.39 is 10.0 Å². The van der Waals surface area contributed by atoms with Gasteiger partial charge in [-0.3, -0.25) is 0 Å². The van der Waals surface area contributed by atoms with E-state index in [1.165, 1.54) is 0 Å². The lowest BCUT2D eigenvalue weighted by molar-refractivity contribution is 0.451. The van der Waals surface area contributed by atoms with Gasteiger partial charge in [0.15, 0.2) is 0 Å². The fourth-order valence-corrected chi connectivity index (χ4v) is 4.07. The highest BCUT2D eigenvalue weighted by Crippen LogP contribution is 2.29. The van der Waals surface area contributed by atoms with Crippen LogP contribution in [0.5, 0.6) is 5.75 Å². The zero-order valence-electron chi connectivity index (χ0n) is 11.5. The van der Waals surface area contributed by atoms with Crippen molar-refractivity contribution in [3.63, 3.8) is 0 Å². The molecule has 1 unspecified atom stereocenters. The van der Waals surface area contributed by atoms with Crippen molar-refractivity contribution in [2.75, 3.05) is 0 Å². The molecule has 0 aromatic heterocycles. The Bertz CT molecular complexity index is 741.